The third kappa shape index (κ3) is 4.90. The van der Waals surface area contributed by atoms with E-state index in [1.165, 1.54) is 28.9 Å². The molecule has 4 rings (SSSR count). The van der Waals surface area contributed by atoms with E-state index >= 15 is 0 Å². The molecule has 0 bridgehead atoms. The predicted molar refractivity (Wildman–Crippen MR) is 128 cm³/mol. The van der Waals surface area contributed by atoms with Crippen molar-refractivity contribution in [1.82, 2.24) is 9.78 Å². The van der Waals surface area contributed by atoms with E-state index in [1.807, 2.05) is 54.6 Å². The Bertz CT molecular complexity index is 1320. The number of benzene rings is 3. The first-order valence-electron chi connectivity index (χ1n) is 10.3. The summed E-state index contributed by atoms with van der Waals surface area (Å²) in [4.78, 5) is 28.2. The minimum absolute atomic E-state index is 0.0399. The molecule has 1 N–H and O–H groups in total. The van der Waals surface area contributed by atoms with Crippen molar-refractivity contribution in [3.05, 3.63) is 110 Å². The summed E-state index contributed by atoms with van der Waals surface area (Å²) in [7, 11) is 1.63. The van der Waals surface area contributed by atoms with Gasteiger partial charge in [-0.3, -0.25) is 25.0 Å². The maximum atomic E-state index is 13.2. The number of rotatable bonds is 8. The number of non-ortho nitro benzene ring substituents is 1. The predicted octanol–water partition coefficient (Wildman–Crippen LogP) is 4.41. The summed E-state index contributed by atoms with van der Waals surface area (Å²) < 4.78 is 6.55. The fourth-order valence-corrected chi connectivity index (χ4v) is 3.44. The molecule has 0 atom stereocenters. The second kappa shape index (κ2) is 9.78. The second-order valence-corrected chi connectivity index (χ2v) is 7.31. The molecule has 1 heterocycles. The molecule has 0 amide bonds. The Morgan fingerprint density at radius 3 is 2.36 bits per heavy atom. The number of aromatic amines is 1. The Labute approximate surface area is 189 Å². The molecule has 3 aromatic carbocycles. The molecule has 0 saturated heterocycles. The van der Waals surface area contributed by atoms with Gasteiger partial charge in [-0.25, -0.2) is 4.68 Å². The van der Waals surface area contributed by atoms with Gasteiger partial charge in [0.25, 0.3) is 11.2 Å². The van der Waals surface area contributed by atoms with Gasteiger partial charge in [0.15, 0.2) is 0 Å². The maximum absolute atomic E-state index is 13.2. The van der Waals surface area contributed by atoms with E-state index in [-0.39, 0.29) is 11.2 Å². The van der Waals surface area contributed by atoms with Crippen LogP contribution in [0, 0.1) is 10.1 Å². The number of nitro benzene ring substituents is 1. The first-order chi connectivity index (χ1) is 16.1. The summed E-state index contributed by atoms with van der Waals surface area (Å²) in [5, 5.41) is 14.1. The van der Waals surface area contributed by atoms with Crippen molar-refractivity contribution in [2.75, 3.05) is 13.7 Å². The van der Waals surface area contributed by atoms with Gasteiger partial charge in [0, 0.05) is 30.5 Å². The van der Waals surface area contributed by atoms with E-state index in [0.29, 0.717) is 23.5 Å². The van der Waals surface area contributed by atoms with Crippen LogP contribution in [0.5, 0.6) is 5.75 Å². The van der Waals surface area contributed by atoms with Crippen molar-refractivity contribution >= 4 is 11.9 Å². The van der Waals surface area contributed by atoms with Crippen molar-refractivity contribution in [3.8, 4) is 22.7 Å². The molecular formula is C25H22N4O4. The average molecular weight is 442 g/mol. The molecule has 0 spiro atoms. The molecule has 0 unspecified atom stereocenters. The van der Waals surface area contributed by atoms with Crippen LogP contribution in [0.2, 0.25) is 0 Å². The van der Waals surface area contributed by atoms with Gasteiger partial charge in [0.1, 0.15) is 5.75 Å². The van der Waals surface area contributed by atoms with Crippen LogP contribution in [0.3, 0.4) is 0 Å². The van der Waals surface area contributed by atoms with Crippen LogP contribution in [0.1, 0.15) is 11.1 Å². The summed E-state index contributed by atoms with van der Waals surface area (Å²) in [6, 6.07) is 23.1. The molecule has 4 aromatic rings. The summed E-state index contributed by atoms with van der Waals surface area (Å²) >= 11 is 0. The number of hydrogen-bond acceptors (Lipinski definition) is 5. The van der Waals surface area contributed by atoms with Gasteiger partial charge in [-0.1, -0.05) is 42.5 Å². The van der Waals surface area contributed by atoms with Crippen LogP contribution < -0.4 is 10.3 Å². The van der Waals surface area contributed by atoms with E-state index in [1.54, 1.807) is 13.3 Å². The first-order valence-corrected chi connectivity index (χ1v) is 10.3. The molecule has 0 fully saturated rings. The molecule has 0 aliphatic heterocycles. The lowest BCUT2D eigenvalue weighted by Crippen LogP contribution is -2.17. The molecule has 8 heteroatoms. The highest BCUT2D eigenvalue weighted by atomic mass is 16.6. The van der Waals surface area contributed by atoms with Gasteiger partial charge in [-0.15, -0.1) is 0 Å². The zero-order chi connectivity index (χ0) is 23.2. The second-order valence-electron chi connectivity index (χ2n) is 7.31. The smallest absolute Gasteiger partial charge is 0.280 e. The minimum Gasteiger partial charge on any atom is -0.497 e. The number of aromatic nitrogens is 2. The van der Waals surface area contributed by atoms with Gasteiger partial charge in [0.2, 0.25) is 0 Å². The van der Waals surface area contributed by atoms with E-state index in [2.05, 4.69) is 10.1 Å². The lowest BCUT2D eigenvalue weighted by molar-refractivity contribution is -0.384. The Hall–Kier alpha value is -4.46. The largest absolute Gasteiger partial charge is 0.497 e. The number of nitrogens with one attached hydrogen (secondary N) is 1. The van der Waals surface area contributed by atoms with Crippen molar-refractivity contribution in [2.24, 2.45) is 4.99 Å². The highest BCUT2D eigenvalue weighted by molar-refractivity contribution is 5.88. The minimum atomic E-state index is -0.475. The third-order valence-electron chi connectivity index (χ3n) is 5.22. The standard InChI is InChI=1S/C25H22N4O4/c1-33-22-13-7-18(8-14-22)15-16-26-17-23-24(19-5-3-2-4-6-19)27-28(25(23)30)20-9-11-21(12-10-20)29(31)32/h2-14,17,27H,15-16H2,1H3. The number of methoxy groups -OCH3 is 1. The van der Waals surface area contributed by atoms with Gasteiger partial charge in [0.05, 0.1) is 29.0 Å². The average Bonchev–Trinajstić information content (AvgIpc) is 3.19. The van der Waals surface area contributed by atoms with E-state index in [9.17, 15) is 14.9 Å². The van der Waals surface area contributed by atoms with Crippen molar-refractivity contribution in [2.45, 2.75) is 6.42 Å². The number of nitrogens with zero attached hydrogens (tertiary/aromatic N) is 3. The van der Waals surface area contributed by atoms with Crippen LogP contribution in [-0.2, 0) is 6.42 Å². The van der Waals surface area contributed by atoms with Gasteiger partial charge in [-0.2, -0.15) is 0 Å². The van der Waals surface area contributed by atoms with E-state index in [0.717, 1.165) is 23.3 Å². The van der Waals surface area contributed by atoms with Gasteiger partial charge >= 0.3 is 0 Å². The van der Waals surface area contributed by atoms with Crippen LogP contribution in [0.15, 0.2) is 88.6 Å². The fourth-order valence-electron chi connectivity index (χ4n) is 3.44. The Kier molecular flexibility index (Phi) is 6.45. The van der Waals surface area contributed by atoms with Crippen LogP contribution >= 0.6 is 0 Å². The molecule has 166 valence electrons. The number of aliphatic imine (C=N–C) groups is 1. The Morgan fingerprint density at radius 1 is 1.03 bits per heavy atom. The van der Waals surface area contributed by atoms with Gasteiger partial charge < -0.3 is 4.74 Å². The maximum Gasteiger partial charge on any atom is 0.280 e. The highest BCUT2D eigenvalue weighted by Crippen LogP contribution is 2.21. The first kappa shape index (κ1) is 21.8. The molecule has 1 aromatic heterocycles. The number of H-pyrrole nitrogens is 1. The van der Waals surface area contributed by atoms with Crippen LogP contribution in [0.25, 0.3) is 16.9 Å². The van der Waals surface area contributed by atoms with Crippen LogP contribution in [0.4, 0.5) is 5.69 Å². The molecule has 0 radical (unpaired) electrons. The summed E-state index contributed by atoms with van der Waals surface area (Å²) in [5.74, 6) is 0.800. The highest BCUT2D eigenvalue weighted by Gasteiger charge is 2.16. The normalized spacial score (nSPS) is 11.1. The number of ether oxygens (including phenoxy) is 1. The number of nitro groups is 1. The number of hydrogen-bond donors (Lipinski definition) is 1. The van der Waals surface area contributed by atoms with Crippen LogP contribution in [-0.4, -0.2) is 34.6 Å². The molecule has 33 heavy (non-hydrogen) atoms. The molecule has 0 aliphatic rings. The van der Waals surface area contributed by atoms with E-state index < -0.39 is 4.92 Å². The Balaban J connectivity index is 1.63. The molecule has 8 nitrogen and oxygen atoms in total. The monoisotopic (exact) mass is 442 g/mol. The fraction of sp³-hybridized carbons (Fsp3) is 0.120. The lowest BCUT2D eigenvalue weighted by Gasteiger charge is -2.02. The van der Waals surface area contributed by atoms with Crippen molar-refractivity contribution in [1.29, 1.82) is 0 Å². The molecule has 0 aliphatic carbocycles. The zero-order valence-corrected chi connectivity index (χ0v) is 18.0. The SMILES string of the molecule is COc1ccc(CCN=Cc2c(-c3ccccc3)[nH]n(-c3ccc([N+](=O)[O-])cc3)c2=O)cc1. The molecular weight excluding hydrogens is 420 g/mol. The Morgan fingerprint density at radius 2 is 1.73 bits per heavy atom. The lowest BCUT2D eigenvalue weighted by atomic mass is 10.1. The van der Waals surface area contributed by atoms with Crippen molar-refractivity contribution in [3.63, 3.8) is 0 Å². The third-order valence-corrected chi connectivity index (χ3v) is 5.22. The van der Waals surface area contributed by atoms with Gasteiger partial charge in [-0.05, 0) is 36.2 Å². The van der Waals surface area contributed by atoms with Crippen molar-refractivity contribution < 1.29 is 9.66 Å². The summed E-state index contributed by atoms with van der Waals surface area (Å²) in [6.07, 6.45) is 2.31. The molecule has 0 saturated carbocycles. The topological polar surface area (TPSA) is 103 Å². The van der Waals surface area contributed by atoms with E-state index in [4.69, 9.17) is 4.74 Å². The summed E-state index contributed by atoms with van der Waals surface area (Å²) in [6.45, 7) is 0.517. The summed E-state index contributed by atoms with van der Waals surface area (Å²) in [5.41, 5.74) is 3.19. The zero-order valence-electron chi connectivity index (χ0n) is 18.0. The quantitative estimate of drug-likeness (QED) is 0.248.